The summed E-state index contributed by atoms with van der Waals surface area (Å²) in [6.07, 6.45) is -2.62. The molecule has 3 aromatic heterocycles. The van der Waals surface area contributed by atoms with E-state index in [0.717, 1.165) is 6.07 Å². The average molecular weight is 327 g/mol. The Bertz CT molecular complexity index is 827. The highest BCUT2D eigenvalue weighted by atomic mass is 32.1. The molecule has 0 aliphatic heterocycles. The van der Waals surface area contributed by atoms with E-state index in [9.17, 15) is 13.2 Å². The lowest BCUT2D eigenvalue weighted by Crippen LogP contribution is -2.03. The maximum atomic E-state index is 12.7. The summed E-state index contributed by atoms with van der Waals surface area (Å²) in [6, 6.07) is 4.19. The Labute approximate surface area is 127 Å². The van der Waals surface area contributed by atoms with Gasteiger partial charge in [-0.05, 0) is 19.1 Å². The lowest BCUT2D eigenvalue weighted by molar-refractivity contribution is -0.134. The Balaban J connectivity index is 2.09. The summed E-state index contributed by atoms with van der Waals surface area (Å²) < 4.78 is 41.2. The van der Waals surface area contributed by atoms with Gasteiger partial charge in [-0.25, -0.2) is 0 Å². The van der Waals surface area contributed by atoms with Gasteiger partial charge < -0.3 is 5.73 Å². The van der Waals surface area contributed by atoms with Crippen molar-refractivity contribution in [2.45, 2.75) is 13.1 Å². The number of thiophene rings is 1. The monoisotopic (exact) mass is 327 g/mol. The number of rotatable bonds is 2. The van der Waals surface area contributed by atoms with Crippen LogP contribution < -0.4 is 5.73 Å². The van der Waals surface area contributed by atoms with Crippen LogP contribution in [0.4, 0.5) is 19.0 Å². The summed E-state index contributed by atoms with van der Waals surface area (Å²) in [5, 5.41) is 8.48. The molecule has 0 unspecified atom stereocenters. The van der Waals surface area contributed by atoms with Crippen LogP contribution in [-0.2, 0) is 13.2 Å². The van der Waals surface area contributed by atoms with E-state index in [4.69, 9.17) is 5.73 Å². The molecule has 22 heavy (non-hydrogen) atoms. The first kappa shape index (κ1) is 14.6. The van der Waals surface area contributed by atoms with Crippen molar-refractivity contribution in [3.05, 3.63) is 35.0 Å². The van der Waals surface area contributed by atoms with E-state index in [-0.39, 0.29) is 5.82 Å². The molecule has 0 saturated heterocycles. The molecule has 3 aromatic rings. The van der Waals surface area contributed by atoms with Crippen LogP contribution in [0, 0.1) is 6.92 Å². The molecule has 9 heteroatoms. The van der Waals surface area contributed by atoms with E-state index in [0.29, 0.717) is 33.3 Å². The molecule has 0 saturated carbocycles. The molecular weight excluding hydrogens is 315 g/mol. The fraction of sp³-hybridized carbons (Fsp3) is 0.231. The van der Waals surface area contributed by atoms with Gasteiger partial charge in [0.05, 0.1) is 11.3 Å². The molecule has 0 aromatic carbocycles. The lowest BCUT2D eigenvalue weighted by atomic mass is 10.2. The highest BCUT2D eigenvalue weighted by Gasteiger charge is 2.33. The molecule has 0 aliphatic carbocycles. The maximum absolute atomic E-state index is 12.7. The number of hydrogen-bond donors (Lipinski definition) is 1. The average Bonchev–Trinajstić information content (AvgIpc) is 3.09. The van der Waals surface area contributed by atoms with Crippen LogP contribution in [-0.4, -0.2) is 19.6 Å². The van der Waals surface area contributed by atoms with Crippen molar-refractivity contribution in [3.8, 4) is 16.3 Å². The van der Waals surface area contributed by atoms with Gasteiger partial charge in [-0.1, -0.05) is 0 Å². The predicted molar refractivity (Wildman–Crippen MR) is 77.8 cm³/mol. The van der Waals surface area contributed by atoms with E-state index >= 15 is 0 Å². The fourth-order valence-electron chi connectivity index (χ4n) is 2.16. The Hall–Kier alpha value is -2.29. The first-order chi connectivity index (χ1) is 10.3. The minimum absolute atomic E-state index is 0.270. The highest BCUT2D eigenvalue weighted by molar-refractivity contribution is 7.15. The van der Waals surface area contributed by atoms with Gasteiger partial charge in [0.1, 0.15) is 10.7 Å². The van der Waals surface area contributed by atoms with Crippen LogP contribution in [0.1, 0.15) is 10.6 Å². The van der Waals surface area contributed by atoms with Crippen molar-refractivity contribution < 1.29 is 13.2 Å². The Kier molecular flexibility index (Phi) is 3.24. The van der Waals surface area contributed by atoms with Gasteiger partial charge in [0, 0.05) is 24.2 Å². The molecule has 0 bridgehead atoms. The maximum Gasteiger partial charge on any atom is 0.425 e. The molecule has 3 heterocycles. The number of aromatic nitrogens is 4. The number of halogens is 3. The zero-order valence-corrected chi connectivity index (χ0v) is 12.5. The number of nitrogens with zero attached hydrogens (tertiary/aromatic N) is 4. The third-order valence-corrected chi connectivity index (χ3v) is 4.29. The van der Waals surface area contributed by atoms with Gasteiger partial charge in [0.2, 0.25) is 0 Å². The van der Waals surface area contributed by atoms with Gasteiger partial charge in [0.25, 0.3) is 0 Å². The molecule has 0 fully saturated rings. The normalized spacial score (nSPS) is 12.0. The molecule has 0 spiro atoms. The standard InChI is InChI=1S/C13H12F3N5S/c1-7-11(8-3-4-9(22-8)13(14,15)16)12(17)21(18-7)10-5-6-20(2)19-10/h3-6H,17H2,1-2H3. The number of alkyl halides is 3. The topological polar surface area (TPSA) is 61.7 Å². The molecule has 0 radical (unpaired) electrons. The Morgan fingerprint density at radius 2 is 1.91 bits per heavy atom. The third kappa shape index (κ3) is 2.37. The van der Waals surface area contributed by atoms with Crippen LogP contribution in [0.5, 0.6) is 0 Å². The van der Waals surface area contributed by atoms with E-state index in [1.165, 1.54) is 10.7 Å². The van der Waals surface area contributed by atoms with Crippen molar-refractivity contribution in [1.29, 1.82) is 0 Å². The Morgan fingerprint density at radius 1 is 1.18 bits per heavy atom. The van der Waals surface area contributed by atoms with Gasteiger partial charge in [-0.3, -0.25) is 4.68 Å². The molecule has 3 rings (SSSR count). The number of nitrogens with two attached hydrogens (primary N) is 1. The largest absolute Gasteiger partial charge is 0.425 e. The summed E-state index contributed by atoms with van der Waals surface area (Å²) >= 11 is 0.651. The Morgan fingerprint density at radius 3 is 2.45 bits per heavy atom. The minimum atomic E-state index is -4.36. The van der Waals surface area contributed by atoms with Crippen molar-refractivity contribution in [2.75, 3.05) is 5.73 Å². The number of aryl methyl sites for hydroxylation is 2. The number of nitrogen functional groups attached to an aromatic ring is 1. The third-order valence-electron chi connectivity index (χ3n) is 3.14. The van der Waals surface area contributed by atoms with Crippen LogP contribution in [0.3, 0.4) is 0 Å². The van der Waals surface area contributed by atoms with Crippen molar-refractivity contribution in [2.24, 2.45) is 7.05 Å². The molecule has 0 aliphatic rings. The number of hydrogen-bond acceptors (Lipinski definition) is 4. The molecular formula is C13H12F3N5S. The summed E-state index contributed by atoms with van der Waals surface area (Å²) in [5.74, 6) is 0.786. The zero-order valence-electron chi connectivity index (χ0n) is 11.7. The van der Waals surface area contributed by atoms with Gasteiger partial charge >= 0.3 is 6.18 Å². The lowest BCUT2D eigenvalue weighted by Gasteiger charge is -2.02. The summed E-state index contributed by atoms with van der Waals surface area (Å²) in [6.45, 7) is 1.71. The van der Waals surface area contributed by atoms with E-state index in [1.54, 1.807) is 30.9 Å². The minimum Gasteiger partial charge on any atom is -0.383 e. The second-order valence-corrected chi connectivity index (χ2v) is 5.85. The molecule has 5 nitrogen and oxygen atoms in total. The summed E-state index contributed by atoms with van der Waals surface area (Å²) in [5.41, 5.74) is 7.13. The first-order valence-electron chi connectivity index (χ1n) is 6.30. The van der Waals surface area contributed by atoms with Crippen LogP contribution in [0.25, 0.3) is 16.3 Å². The van der Waals surface area contributed by atoms with Crippen LogP contribution in [0.2, 0.25) is 0 Å². The van der Waals surface area contributed by atoms with Gasteiger partial charge in [-0.2, -0.15) is 28.1 Å². The predicted octanol–water partition coefficient (Wildman–Crippen LogP) is 3.24. The highest BCUT2D eigenvalue weighted by Crippen LogP contribution is 2.41. The zero-order chi connectivity index (χ0) is 16.1. The second kappa shape index (κ2) is 4.87. The van der Waals surface area contributed by atoms with Gasteiger partial charge in [-0.15, -0.1) is 11.3 Å². The molecule has 0 amide bonds. The fourth-order valence-corrected chi connectivity index (χ4v) is 3.14. The first-order valence-corrected chi connectivity index (χ1v) is 7.11. The van der Waals surface area contributed by atoms with Crippen LogP contribution in [0.15, 0.2) is 24.4 Å². The molecule has 2 N–H and O–H groups in total. The smallest absolute Gasteiger partial charge is 0.383 e. The van der Waals surface area contributed by atoms with Crippen LogP contribution >= 0.6 is 11.3 Å². The van der Waals surface area contributed by atoms with E-state index in [2.05, 4.69) is 10.2 Å². The van der Waals surface area contributed by atoms with E-state index < -0.39 is 11.1 Å². The SMILES string of the molecule is Cc1nn(-c2ccn(C)n2)c(N)c1-c1ccc(C(F)(F)F)s1. The van der Waals surface area contributed by atoms with Crippen molar-refractivity contribution >= 4 is 17.2 Å². The molecule has 116 valence electrons. The van der Waals surface area contributed by atoms with Crippen molar-refractivity contribution in [1.82, 2.24) is 19.6 Å². The van der Waals surface area contributed by atoms with Crippen molar-refractivity contribution in [3.63, 3.8) is 0 Å². The molecule has 0 atom stereocenters. The summed E-state index contributed by atoms with van der Waals surface area (Å²) in [7, 11) is 1.76. The number of anilines is 1. The van der Waals surface area contributed by atoms with E-state index in [1.807, 2.05) is 0 Å². The second-order valence-electron chi connectivity index (χ2n) is 4.77. The quantitative estimate of drug-likeness (QED) is 0.786. The van der Waals surface area contributed by atoms with Gasteiger partial charge in [0.15, 0.2) is 5.82 Å². The summed E-state index contributed by atoms with van der Waals surface area (Å²) in [4.78, 5) is -0.226.